The molecule has 0 saturated heterocycles. The van der Waals surface area contributed by atoms with E-state index < -0.39 is 5.97 Å². The van der Waals surface area contributed by atoms with Crippen LogP contribution in [0.15, 0.2) is 42.5 Å². The fraction of sp³-hybridized carbons (Fsp3) is 0.333. The number of amides is 1. The summed E-state index contributed by atoms with van der Waals surface area (Å²) < 4.78 is 5.12. The van der Waals surface area contributed by atoms with Crippen molar-refractivity contribution in [2.75, 3.05) is 11.9 Å². The summed E-state index contributed by atoms with van der Waals surface area (Å²) in [5.41, 5.74) is 4.29. The van der Waals surface area contributed by atoms with E-state index in [0.717, 1.165) is 11.1 Å². The molecule has 2 aromatic rings. The van der Waals surface area contributed by atoms with Gasteiger partial charge < -0.3 is 10.1 Å². The molecule has 4 heteroatoms. The molecule has 1 N–H and O–H groups in total. The van der Waals surface area contributed by atoms with Gasteiger partial charge in [0.1, 0.15) is 0 Å². The zero-order valence-corrected chi connectivity index (χ0v) is 15.5. The lowest BCUT2D eigenvalue weighted by atomic mass is 9.87. The molecular weight excluding hydrogens is 314 g/mol. The number of carbonyl (C=O) groups excluding carboxylic acids is 2. The van der Waals surface area contributed by atoms with Crippen LogP contribution in [0.4, 0.5) is 5.69 Å². The molecule has 0 aliphatic heterocycles. The fourth-order valence-corrected chi connectivity index (χ4v) is 2.43. The first-order valence-electron chi connectivity index (χ1n) is 8.32. The molecule has 0 bridgehead atoms. The molecule has 0 spiro atoms. The molecule has 0 saturated carbocycles. The summed E-state index contributed by atoms with van der Waals surface area (Å²) in [6, 6.07) is 13.1. The lowest BCUT2D eigenvalue weighted by Crippen LogP contribution is -2.21. The highest BCUT2D eigenvalue weighted by Gasteiger charge is 2.15. The van der Waals surface area contributed by atoms with E-state index in [-0.39, 0.29) is 17.9 Å². The van der Waals surface area contributed by atoms with Gasteiger partial charge in [-0.3, -0.25) is 4.79 Å². The van der Waals surface area contributed by atoms with Crippen LogP contribution in [0.3, 0.4) is 0 Å². The van der Waals surface area contributed by atoms with Gasteiger partial charge in [-0.2, -0.15) is 0 Å². The Kier molecular flexibility index (Phi) is 5.62. The molecule has 0 aliphatic carbocycles. The van der Waals surface area contributed by atoms with Crippen LogP contribution in [0.2, 0.25) is 0 Å². The highest BCUT2D eigenvalue weighted by molar-refractivity contribution is 5.96. The van der Waals surface area contributed by atoms with Gasteiger partial charge in [-0.15, -0.1) is 0 Å². The van der Waals surface area contributed by atoms with Crippen LogP contribution in [0, 0.1) is 13.8 Å². The highest BCUT2D eigenvalue weighted by atomic mass is 16.5. The van der Waals surface area contributed by atoms with E-state index in [2.05, 4.69) is 26.1 Å². The quantitative estimate of drug-likeness (QED) is 0.840. The zero-order chi connectivity index (χ0) is 18.6. The molecule has 1 amide bonds. The van der Waals surface area contributed by atoms with Crippen LogP contribution >= 0.6 is 0 Å². The van der Waals surface area contributed by atoms with Gasteiger partial charge in [-0.1, -0.05) is 45.0 Å². The largest absolute Gasteiger partial charge is 0.452 e. The van der Waals surface area contributed by atoms with Crippen molar-refractivity contribution < 1.29 is 14.3 Å². The number of aryl methyl sites for hydroxylation is 1. The molecule has 25 heavy (non-hydrogen) atoms. The number of benzene rings is 2. The zero-order valence-electron chi connectivity index (χ0n) is 15.5. The average molecular weight is 339 g/mol. The van der Waals surface area contributed by atoms with Crippen molar-refractivity contribution in [2.24, 2.45) is 0 Å². The predicted molar refractivity (Wildman–Crippen MR) is 100.0 cm³/mol. The number of hydrogen-bond donors (Lipinski definition) is 1. The second-order valence-electron chi connectivity index (χ2n) is 7.20. The maximum absolute atomic E-state index is 12.1. The van der Waals surface area contributed by atoms with E-state index in [9.17, 15) is 9.59 Å². The summed E-state index contributed by atoms with van der Waals surface area (Å²) in [7, 11) is 0. The number of nitrogens with one attached hydrogen (secondary N) is 1. The Labute approximate surface area is 149 Å². The minimum absolute atomic E-state index is 0.0593. The summed E-state index contributed by atoms with van der Waals surface area (Å²) in [6.07, 6.45) is 0. The van der Waals surface area contributed by atoms with Crippen LogP contribution in [-0.2, 0) is 14.9 Å². The van der Waals surface area contributed by atoms with Crippen molar-refractivity contribution in [3.8, 4) is 0 Å². The molecule has 0 radical (unpaired) electrons. The molecule has 2 aromatic carbocycles. The van der Waals surface area contributed by atoms with Crippen LogP contribution in [0.25, 0.3) is 0 Å². The Hall–Kier alpha value is -2.62. The summed E-state index contributed by atoms with van der Waals surface area (Å²) in [5, 5.41) is 2.74. The Balaban J connectivity index is 1.92. The van der Waals surface area contributed by atoms with Crippen LogP contribution < -0.4 is 5.32 Å². The minimum atomic E-state index is -0.487. The molecule has 0 heterocycles. The molecule has 2 rings (SSSR count). The SMILES string of the molecule is Cc1cccc(C(=O)OCC(=O)Nc2ccc(C(C)(C)C)cc2)c1C. The van der Waals surface area contributed by atoms with Crippen molar-refractivity contribution in [1.29, 1.82) is 0 Å². The monoisotopic (exact) mass is 339 g/mol. The number of hydrogen-bond acceptors (Lipinski definition) is 3. The third kappa shape index (κ3) is 4.92. The van der Waals surface area contributed by atoms with Gasteiger partial charge in [0, 0.05) is 5.69 Å². The molecule has 0 aromatic heterocycles. The molecule has 4 nitrogen and oxygen atoms in total. The Morgan fingerprint density at radius 3 is 2.24 bits per heavy atom. The van der Waals surface area contributed by atoms with E-state index in [4.69, 9.17) is 4.74 Å². The van der Waals surface area contributed by atoms with Gasteiger partial charge in [0.25, 0.3) is 5.91 Å². The van der Waals surface area contributed by atoms with E-state index in [0.29, 0.717) is 11.3 Å². The van der Waals surface area contributed by atoms with Crippen molar-refractivity contribution >= 4 is 17.6 Å². The summed E-state index contributed by atoms with van der Waals surface area (Å²) in [5.74, 6) is -0.846. The molecule has 0 fully saturated rings. The van der Waals surface area contributed by atoms with Gasteiger partial charge in [0.2, 0.25) is 0 Å². The van der Waals surface area contributed by atoms with Crippen LogP contribution in [0.5, 0.6) is 0 Å². The number of rotatable bonds is 4. The lowest BCUT2D eigenvalue weighted by molar-refractivity contribution is -0.119. The number of esters is 1. The molecule has 0 aliphatic rings. The normalized spacial score (nSPS) is 11.1. The Morgan fingerprint density at radius 1 is 1.00 bits per heavy atom. The number of anilines is 1. The number of ether oxygens (including phenoxy) is 1. The second kappa shape index (κ2) is 7.51. The summed E-state index contributed by atoms with van der Waals surface area (Å²) >= 11 is 0. The smallest absolute Gasteiger partial charge is 0.338 e. The maximum atomic E-state index is 12.1. The van der Waals surface area contributed by atoms with Gasteiger partial charge in [-0.25, -0.2) is 4.79 Å². The Morgan fingerprint density at radius 2 is 1.64 bits per heavy atom. The third-order valence-electron chi connectivity index (χ3n) is 4.19. The summed E-state index contributed by atoms with van der Waals surface area (Å²) in [6.45, 7) is 9.88. The van der Waals surface area contributed by atoms with Gasteiger partial charge >= 0.3 is 5.97 Å². The first-order valence-corrected chi connectivity index (χ1v) is 8.32. The third-order valence-corrected chi connectivity index (χ3v) is 4.19. The van der Waals surface area contributed by atoms with Crippen molar-refractivity contribution in [3.63, 3.8) is 0 Å². The molecular formula is C21H25NO3. The van der Waals surface area contributed by atoms with Crippen molar-refractivity contribution in [3.05, 3.63) is 64.7 Å². The van der Waals surface area contributed by atoms with Gasteiger partial charge in [0.15, 0.2) is 6.61 Å². The number of carbonyl (C=O) groups is 2. The van der Waals surface area contributed by atoms with Crippen LogP contribution in [0.1, 0.15) is 47.8 Å². The minimum Gasteiger partial charge on any atom is -0.452 e. The predicted octanol–water partition coefficient (Wildman–Crippen LogP) is 4.40. The maximum Gasteiger partial charge on any atom is 0.338 e. The fourth-order valence-electron chi connectivity index (χ4n) is 2.43. The molecule has 0 atom stereocenters. The highest BCUT2D eigenvalue weighted by Crippen LogP contribution is 2.23. The van der Waals surface area contributed by atoms with Crippen molar-refractivity contribution in [2.45, 2.75) is 40.0 Å². The standard InChI is InChI=1S/C21H25NO3/c1-14-7-6-8-18(15(14)2)20(24)25-13-19(23)22-17-11-9-16(10-12-17)21(3,4)5/h6-12H,13H2,1-5H3,(H,22,23). The van der Waals surface area contributed by atoms with Gasteiger partial charge in [-0.05, 0) is 54.2 Å². The average Bonchev–Trinajstić information content (AvgIpc) is 2.55. The van der Waals surface area contributed by atoms with Crippen molar-refractivity contribution in [1.82, 2.24) is 0 Å². The van der Waals surface area contributed by atoms with E-state index in [1.165, 1.54) is 5.56 Å². The topological polar surface area (TPSA) is 55.4 Å². The second-order valence-corrected chi connectivity index (χ2v) is 7.20. The van der Waals surface area contributed by atoms with Gasteiger partial charge in [0.05, 0.1) is 5.56 Å². The van der Waals surface area contributed by atoms with Crippen LogP contribution in [-0.4, -0.2) is 18.5 Å². The van der Waals surface area contributed by atoms with E-state index in [1.54, 1.807) is 12.1 Å². The van der Waals surface area contributed by atoms with E-state index >= 15 is 0 Å². The Bertz CT molecular complexity index is 771. The van der Waals surface area contributed by atoms with E-state index in [1.807, 2.05) is 44.2 Å². The molecule has 132 valence electrons. The first-order chi connectivity index (χ1) is 11.7. The summed E-state index contributed by atoms with van der Waals surface area (Å²) in [4.78, 5) is 24.1. The first kappa shape index (κ1) is 18.7. The molecule has 0 unspecified atom stereocenters. The lowest BCUT2D eigenvalue weighted by Gasteiger charge is -2.19.